The molecule has 0 bridgehead atoms. The highest BCUT2D eigenvalue weighted by Crippen LogP contribution is 2.19. The molecule has 1 aliphatic rings. The Kier molecular flexibility index (Phi) is 5.22. The summed E-state index contributed by atoms with van der Waals surface area (Å²) >= 11 is 5.45. The van der Waals surface area contributed by atoms with E-state index in [9.17, 15) is 0 Å². The van der Waals surface area contributed by atoms with Crippen LogP contribution in [0.25, 0.3) is 11.4 Å². The van der Waals surface area contributed by atoms with Gasteiger partial charge in [0.1, 0.15) is 5.75 Å². The van der Waals surface area contributed by atoms with Crippen molar-refractivity contribution in [1.29, 1.82) is 0 Å². The normalized spacial score (nSPS) is 15.1. The van der Waals surface area contributed by atoms with Crippen LogP contribution < -0.4 is 14.5 Å². The molecule has 3 aromatic rings. The SMILES string of the molecule is COc1ccc(N2CC[NH+](Cn3[nH]c(-c4ccccc4)nc3=S)CC2)cc1. The maximum atomic E-state index is 5.45. The van der Waals surface area contributed by atoms with Crippen LogP contribution in [0.15, 0.2) is 54.6 Å². The summed E-state index contributed by atoms with van der Waals surface area (Å²) in [5.41, 5.74) is 2.31. The lowest BCUT2D eigenvalue weighted by molar-refractivity contribution is -0.924. The van der Waals surface area contributed by atoms with Gasteiger partial charge in [0.15, 0.2) is 12.5 Å². The molecule has 2 aromatic carbocycles. The zero-order valence-electron chi connectivity index (χ0n) is 15.4. The predicted molar refractivity (Wildman–Crippen MR) is 109 cm³/mol. The Morgan fingerprint density at radius 3 is 2.44 bits per heavy atom. The van der Waals surface area contributed by atoms with Crippen molar-refractivity contribution in [3.05, 3.63) is 59.4 Å². The molecule has 6 nitrogen and oxygen atoms in total. The molecular weight excluding hydrogens is 358 g/mol. The van der Waals surface area contributed by atoms with E-state index in [4.69, 9.17) is 17.0 Å². The number of rotatable bonds is 5. The lowest BCUT2D eigenvalue weighted by Gasteiger charge is -2.33. The van der Waals surface area contributed by atoms with Crippen LogP contribution in [-0.2, 0) is 6.67 Å². The lowest BCUT2D eigenvalue weighted by Crippen LogP contribution is -3.14. The standard InChI is InChI=1S/C20H23N5OS/c1-26-18-9-7-17(8-10-18)24-13-11-23(12-14-24)15-25-20(27)21-19(22-25)16-5-3-2-4-6-16/h2-10H,11-15H2,1H3,(H,21,22,27)/p+1. The first kappa shape index (κ1) is 17.8. The average molecular weight is 383 g/mol. The smallest absolute Gasteiger partial charge is 0.221 e. The highest BCUT2D eigenvalue weighted by atomic mass is 32.1. The van der Waals surface area contributed by atoms with Crippen molar-refractivity contribution < 1.29 is 9.64 Å². The second-order valence-electron chi connectivity index (χ2n) is 6.74. The molecule has 0 saturated carbocycles. The first-order chi connectivity index (χ1) is 13.2. The van der Waals surface area contributed by atoms with Gasteiger partial charge in [-0.15, -0.1) is 0 Å². The monoisotopic (exact) mass is 382 g/mol. The zero-order chi connectivity index (χ0) is 18.6. The summed E-state index contributed by atoms with van der Waals surface area (Å²) in [5, 5.41) is 3.35. The number of quaternary nitrogens is 1. The number of nitrogens with zero attached hydrogens (tertiary/aromatic N) is 3. The second kappa shape index (κ2) is 7.94. The molecule has 7 heteroatoms. The fourth-order valence-corrected chi connectivity index (χ4v) is 3.65. The molecule has 2 heterocycles. The maximum Gasteiger partial charge on any atom is 0.221 e. The minimum Gasteiger partial charge on any atom is -0.497 e. The van der Waals surface area contributed by atoms with Gasteiger partial charge >= 0.3 is 0 Å². The highest BCUT2D eigenvalue weighted by molar-refractivity contribution is 7.71. The summed E-state index contributed by atoms with van der Waals surface area (Å²) in [6.45, 7) is 4.99. The van der Waals surface area contributed by atoms with E-state index < -0.39 is 0 Å². The van der Waals surface area contributed by atoms with Gasteiger partial charge in [-0.2, -0.15) is 4.98 Å². The van der Waals surface area contributed by atoms with Crippen LogP contribution in [0.2, 0.25) is 0 Å². The van der Waals surface area contributed by atoms with Gasteiger partial charge in [0.25, 0.3) is 0 Å². The first-order valence-electron chi connectivity index (χ1n) is 9.18. The Morgan fingerprint density at radius 1 is 1.07 bits per heavy atom. The average Bonchev–Trinajstić information content (AvgIpc) is 3.10. The first-order valence-corrected chi connectivity index (χ1v) is 9.58. The number of ether oxygens (including phenoxy) is 1. The maximum absolute atomic E-state index is 5.45. The van der Waals surface area contributed by atoms with Gasteiger partial charge in [-0.25, -0.2) is 4.68 Å². The molecule has 2 N–H and O–H groups in total. The Morgan fingerprint density at radius 2 is 1.78 bits per heavy atom. The topological polar surface area (TPSA) is 50.5 Å². The number of nitrogens with one attached hydrogen (secondary N) is 2. The van der Waals surface area contributed by atoms with Gasteiger partial charge in [-0.05, 0) is 36.5 Å². The molecular formula is C20H24N5OS+. The van der Waals surface area contributed by atoms with Gasteiger partial charge in [0.05, 0.1) is 33.3 Å². The highest BCUT2D eigenvalue weighted by Gasteiger charge is 2.21. The van der Waals surface area contributed by atoms with Crippen molar-refractivity contribution in [2.45, 2.75) is 6.67 Å². The Balaban J connectivity index is 1.38. The zero-order valence-corrected chi connectivity index (χ0v) is 16.2. The molecule has 27 heavy (non-hydrogen) atoms. The van der Waals surface area contributed by atoms with Crippen LogP contribution >= 0.6 is 12.2 Å². The summed E-state index contributed by atoms with van der Waals surface area (Å²) in [6, 6.07) is 18.4. The predicted octanol–water partition coefficient (Wildman–Crippen LogP) is 1.98. The van der Waals surface area contributed by atoms with Crippen molar-refractivity contribution >= 4 is 17.9 Å². The molecule has 1 saturated heterocycles. The number of hydrogen-bond donors (Lipinski definition) is 2. The van der Waals surface area contributed by atoms with E-state index in [1.54, 1.807) is 7.11 Å². The molecule has 0 radical (unpaired) electrons. The molecule has 0 spiro atoms. The number of aromatic nitrogens is 3. The fraction of sp³-hybridized carbons (Fsp3) is 0.300. The van der Waals surface area contributed by atoms with Crippen LogP contribution in [-0.4, -0.2) is 48.1 Å². The number of aromatic amines is 1. The van der Waals surface area contributed by atoms with E-state index in [-0.39, 0.29) is 0 Å². The number of methoxy groups -OCH3 is 1. The second-order valence-corrected chi connectivity index (χ2v) is 7.11. The van der Waals surface area contributed by atoms with Crippen molar-refractivity contribution in [3.63, 3.8) is 0 Å². The Labute approximate surface area is 164 Å². The Bertz CT molecular complexity index is 927. The van der Waals surface area contributed by atoms with E-state index in [1.165, 1.54) is 10.6 Å². The van der Waals surface area contributed by atoms with Crippen molar-refractivity contribution in [2.75, 3.05) is 38.2 Å². The molecule has 1 fully saturated rings. The van der Waals surface area contributed by atoms with Crippen LogP contribution in [0, 0.1) is 4.77 Å². The quantitative estimate of drug-likeness (QED) is 0.663. The third kappa shape index (κ3) is 4.04. The largest absolute Gasteiger partial charge is 0.497 e. The van der Waals surface area contributed by atoms with E-state index in [2.05, 4.69) is 27.1 Å². The fourth-order valence-electron chi connectivity index (χ4n) is 3.44. The van der Waals surface area contributed by atoms with E-state index in [0.717, 1.165) is 50.0 Å². The molecule has 1 aromatic heterocycles. The molecule has 4 rings (SSSR count). The minimum atomic E-state index is 0.610. The molecule has 0 aliphatic carbocycles. The van der Waals surface area contributed by atoms with Crippen molar-refractivity contribution in [3.8, 4) is 17.1 Å². The van der Waals surface area contributed by atoms with Crippen LogP contribution in [0.5, 0.6) is 5.75 Å². The third-order valence-corrected chi connectivity index (χ3v) is 5.33. The van der Waals surface area contributed by atoms with Crippen molar-refractivity contribution in [2.24, 2.45) is 0 Å². The number of piperazine rings is 1. The molecule has 0 atom stereocenters. The van der Waals surface area contributed by atoms with Crippen LogP contribution in [0.4, 0.5) is 5.69 Å². The van der Waals surface area contributed by atoms with E-state index in [0.29, 0.717) is 4.77 Å². The van der Waals surface area contributed by atoms with Gasteiger partial charge in [-0.3, -0.25) is 5.10 Å². The van der Waals surface area contributed by atoms with Gasteiger partial charge in [0.2, 0.25) is 4.77 Å². The van der Waals surface area contributed by atoms with Gasteiger partial charge in [-0.1, -0.05) is 30.3 Å². The summed E-state index contributed by atoms with van der Waals surface area (Å²) in [6.07, 6.45) is 0. The van der Waals surface area contributed by atoms with E-state index >= 15 is 0 Å². The number of benzene rings is 2. The molecule has 140 valence electrons. The minimum absolute atomic E-state index is 0.610. The molecule has 0 amide bonds. The summed E-state index contributed by atoms with van der Waals surface area (Å²) in [5.74, 6) is 1.72. The van der Waals surface area contributed by atoms with Crippen LogP contribution in [0.1, 0.15) is 0 Å². The lowest BCUT2D eigenvalue weighted by atomic mass is 10.2. The number of hydrogen-bond acceptors (Lipinski definition) is 4. The van der Waals surface area contributed by atoms with Crippen LogP contribution in [0.3, 0.4) is 0 Å². The van der Waals surface area contributed by atoms with E-state index in [1.807, 2.05) is 47.1 Å². The summed E-state index contributed by atoms with van der Waals surface area (Å²) < 4.78 is 7.83. The Hall–Kier alpha value is -2.64. The molecule has 0 unspecified atom stereocenters. The molecule has 1 aliphatic heterocycles. The van der Waals surface area contributed by atoms with Crippen molar-refractivity contribution in [1.82, 2.24) is 14.8 Å². The van der Waals surface area contributed by atoms with Gasteiger partial charge in [0, 0.05) is 11.3 Å². The number of anilines is 1. The third-order valence-electron chi connectivity index (χ3n) is 5.02. The van der Waals surface area contributed by atoms with Gasteiger partial charge < -0.3 is 14.5 Å². The summed E-state index contributed by atoms with van der Waals surface area (Å²) in [4.78, 5) is 8.43. The summed E-state index contributed by atoms with van der Waals surface area (Å²) in [7, 11) is 1.70. The number of H-pyrrole nitrogens is 1.